The van der Waals surface area contributed by atoms with Gasteiger partial charge in [0.25, 0.3) is 0 Å². The lowest BCUT2D eigenvalue weighted by atomic mass is 9.83. The molecule has 2 N–H and O–H groups in total. The molecular formula is C10H15BN4O2. The molecule has 2 rings (SSSR count). The fourth-order valence-electron chi connectivity index (χ4n) is 1.76. The summed E-state index contributed by atoms with van der Waals surface area (Å²) < 4.78 is 1.99. The van der Waals surface area contributed by atoms with Gasteiger partial charge in [-0.1, -0.05) is 12.8 Å². The Morgan fingerprint density at radius 3 is 2.88 bits per heavy atom. The first-order chi connectivity index (χ1) is 8.27. The van der Waals surface area contributed by atoms with E-state index >= 15 is 0 Å². The maximum atomic E-state index is 8.70. The van der Waals surface area contributed by atoms with Crippen molar-refractivity contribution < 1.29 is 10.0 Å². The highest BCUT2D eigenvalue weighted by Gasteiger charge is 2.06. The van der Waals surface area contributed by atoms with E-state index in [-0.39, 0.29) is 0 Å². The van der Waals surface area contributed by atoms with Gasteiger partial charge >= 0.3 is 7.12 Å². The number of aryl methyl sites for hydroxylation is 1. The molecule has 0 saturated carbocycles. The van der Waals surface area contributed by atoms with Gasteiger partial charge in [0.15, 0.2) is 5.65 Å². The topological polar surface area (TPSA) is 84.1 Å². The summed E-state index contributed by atoms with van der Waals surface area (Å²) in [6, 6.07) is 0. The molecule has 0 aliphatic carbocycles. The summed E-state index contributed by atoms with van der Waals surface area (Å²) in [6.45, 7) is 0.842. The van der Waals surface area contributed by atoms with Gasteiger partial charge in [0.1, 0.15) is 11.8 Å². The molecule has 0 spiro atoms. The molecule has 7 heteroatoms. The summed E-state index contributed by atoms with van der Waals surface area (Å²) in [5.74, 6) is 0. The first-order valence-corrected chi connectivity index (χ1v) is 5.74. The smallest absolute Gasteiger partial charge is 0.427 e. The number of imidazole rings is 1. The van der Waals surface area contributed by atoms with E-state index in [1.165, 1.54) is 6.33 Å². The second-order valence-electron chi connectivity index (χ2n) is 4.00. The van der Waals surface area contributed by atoms with Crippen LogP contribution in [-0.2, 0) is 6.54 Å². The fraction of sp³-hybridized carbons (Fsp3) is 0.500. The highest BCUT2D eigenvalue weighted by molar-refractivity contribution is 6.40. The van der Waals surface area contributed by atoms with Gasteiger partial charge < -0.3 is 14.6 Å². The van der Waals surface area contributed by atoms with E-state index in [1.807, 2.05) is 4.57 Å². The van der Waals surface area contributed by atoms with Crippen LogP contribution in [0.4, 0.5) is 0 Å². The lowest BCUT2D eigenvalue weighted by molar-refractivity contribution is 0.401. The minimum atomic E-state index is -1.18. The third-order valence-electron chi connectivity index (χ3n) is 2.64. The first kappa shape index (κ1) is 12.0. The molecule has 0 aliphatic heterocycles. The summed E-state index contributed by atoms with van der Waals surface area (Å²) in [5.41, 5.74) is 1.65. The van der Waals surface area contributed by atoms with Gasteiger partial charge in [0, 0.05) is 6.54 Å². The van der Waals surface area contributed by atoms with Gasteiger partial charge in [-0.3, -0.25) is 0 Å². The Morgan fingerprint density at radius 1 is 1.18 bits per heavy atom. The van der Waals surface area contributed by atoms with Crippen molar-refractivity contribution in [2.24, 2.45) is 0 Å². The lowest BCUT2D eigenvalue weighted by Gasteiger charge is -2.03. The predicted octanol–water partition coefficient (Wildman–Crippen LogP) is 0.469. The average Bonchev–Trinajstić information content (AvgIpc) is 2.72. The second-order valence-corrected chi connectivity index (χ2v) is 4.00. The van der Waals surface area contributed by atoms with Crippen LogP contribution in [0, 0.1) is 0 Å². The minimum Gasteiger partial charge on any atom is -0.427 e. The van der Waals surface area contributed by atoms with Gasteiger partial charge in [0.05, 0.1) is 12.5 Å². The van der Waals surface area contributed by atoms with Crippen molar-refractivity contribution in [2.45, 2.75) is 32.1 Å². The summed E-state index contributed by atoms with van der Waals surface area (Å²) in [7, 11) is -1.18. The Bertz CT molecular complexity index is 474. The molecule has 0 saturated heterocycles. The summed E-state index contributed by atoms with van der Waals surface area (Å²) in [5, 5.41) is 17.4. The Hall–Kier alpha value is -1.47. The molecule has 90 valence electrons. The molecule has 6 nitrogen and oxygen atoms in total. The minimum absolute atomic E-state index is 0.437. The SMILES string of the molecule is OB(O)CCCCCn1cnc2cncnc21. The van der Waals surface area contributed by atoms with Crippen LogP contribution in [0.1, 0.15) is 19.3 Å². The molecule has 0 bridgehead atoms. The zero-order valence-electron chi connectivity index (χ0n) is 9.53. The highest BCUT2D eigenvalue weighted by atomic mass is 16.4. The second kappa shape index (κ2) is 5.74. The number of fused-ring (bicyclic) bond motifs is 1. The molecule has 0 unspecified atom stereocenters. The van der Waals surface area contributed by atoms with Crippen LogP contribution in [0.2, 0.25) is 6.32 Å². The molecule has 0 amide bonds. The van der Waals surface area contributed by atoms with Crippen molar-refractivity contribution in [3.05, 3.63) is 18.9 Å². The van der Waals surface area contributed by atoms with Crippen LogP contribution < -0.4 is 0 Å². The van der Waals surface area contributed by atoms with Crippen LogP contribution in [0.25, 0.3) is 11.2 Å². The van der Waals surface area contributed by atoms with E-state index in [0.717, 1.165) is 37.0 Å². The third-order valence-corrected chi connectivity index (χ3v) is 2.64. The molecule has 0 atom stereocenters. The zero-order chi connectivity index (χ0) is 12.1. The lowest BCUT2D eigenvalue weighted by Crippen LogP contribution is -2.09. The monoisotopic (exact) mass is 234 g/mol. The van der Waals surface area contributed by atoms with E-state index in [2.05, 4.69) is 15.0 Å². The molecule has 0 aliphatic rings. The van der Waals surface area contributed by atoms with Crippen molar-refractivity contribution in [3.8, 4) is 0 Å². The largest absolute Gasteiger partial charge is 0.451 e. The van der Waals surface area contributed by atoms with Crippen LogP contribution in [0.5, 0.6) is 0 Å². The van der Waals surface area contributed by atoms with Crippen LogP contribution in [-0.4, -0.2) is 36.7 Å². The molecule has 2 aromatic rings. The maximum Gasteiger partial charge on any atom is 0.451 e. The number of rotatable bonds is 6. The van der Waals surface area contributed by atoms with E-state index in [0.29, 0.717) is 6.32 Å². The Labute approximate surface area is 99.5 Å². The highest BCUT2D eigenvalue weighted by Crippen LogP contribution is 2.10. The summed E-state index contributed by atoms with van der Waals surface area (Å²) in [4.78, 5) is 12.3. The van der Waals surface area contributed by atoms with Crippen LogP contribution in [0.15, 0.2) is 18.9 Å². The number of hydrogen-bond acceptors (Lipinski definition) is 5. The van der Waals surface area contributed by atoms with Crippen LogP contribution >= 0.6 is 0 Å². The fourth-order valence-corrected chi connectivity index (χ4v) is 1.76. The summed E-state index contributed by atoms with van der Waals surface area (Å²) >= 11 is 0. The zero-order valence-corrected chi connectivity index (χ0v) is 9.53. The molecule has 0 fully saturated rings. The van der Waals surface area contributed by atoms with Crippen molar-refractivity contribution in [2.75, 3.05) is 0 Å². The van der Waals surface area contributed by atoms with Crippen LogP contribution in [0.3, 0.4) is 0 Å². The Balaban J connectivity index is 1.83. The molecule has 2 aromatic heterocycles. The van der Waals surface area contributed by atoms with Gasteiger partial charge in [0.2, 0.25) is 0 Å². The Morgan fingerprint density at radius 2 is 2.06 bits per heavy atom. The van der Waals surface area contributed by atoms with Crippen molar-refractivity contribution in [1.29, 1.82) is 0 Å². The standard InChI is InChI=1S/C10H15BN4O2/c16-11(17)4-2-1-3-5-15-8-14-9-6-12-7-13-10(9)15/h6-8,16-17H,1-5H2. The van der Waals surface area contributed by atoms with E-state index in [1.54, 1.807) is 12.5 Å². The number of hydrogen-bond donors (Lipinski definition) is 2. The molecule has 2 heterocycles. The van der Waals surface area contributed by atoms with Crippen molar-refractivity contribution in [1.82, 2.24) is 19.5 Å². The predicted molar refractivity (Wildman–Crippen MR) is 64.2 cm³/mol. The van der Waals surface area contributed by atoms with Crippen molar-refractivity contribution in [3.63, 3.8) is 0 Å². The van der Waals surface area contributed by atoms with Crippen molar-refractivity contribution >= 4 is 18.3 Å². The normalized spacial score (nSPS) is 10.9. The quantitative estimate of drug-likeness (QED) is 0.560. The van der Waals surface area contributed by atoms with E-state index in [9.17, 15) is 0 Å². The summed E-state index contributed by atoms with van der Waals surface area (Å²) in [6.07, 6.45) is 8.17. The maximum absolute atomic E-state index is 8.70. The molecule has 0 radical (unpaired) electrons. The average molecular weight is 234 g/mol. The first-order valence-electron chi connectivity index (χ1n) is 5.74. The van der Waals surface area contributed by atoms with E-state index < -0.39 is 7.12 Å². The number of aromatic nitrogens is 4. The van der Waals surface area contributed by atoms with Gasteiger partial charge in [-0.15, -0.1) is 0 Å². The Kier molecular flexibility index (Phi) is 4.05. The number of unbranched alkanes of at least 4 members (excludes halogenated alkanes) is 2. The molecule has 0 aromatic carbocycles. The third kappa shape index (κ3) is 3.24. The van der Waals surface area contributed by atoms with Gasteiger partial charge in [-0.25, -0.2) is 15.0 Å². The number of nitrogens with zero attached hydrogens (tertiary/aromatic N) is 4. The van der Waals surface area contributed by atoms with E-state index in [4.69, 9.17) is 10.0 Å². The molecule has 17 heavy (non-hydrogen) atoms. The van der Waals surface area contributed by atoms with Gasteiger partial charge in [-0.2, -0.15) is 0 Å². The van der Waals surface area contributed by atoms with Gasteiger partial charge in [-0.05, 0) is 12.7 Å². The molecular weight excluding hydrogens is 219 g/mol.